The normalized spacial score (nSPS) is 29.8. The Bertz CT molecular complexity index is 361. The number of piperidine rings is 1. The molecule has 1 aromatic carbocycles. The van der Waals surface area contributed by atoms with Crippen LogP contribution in [0.2, 0.25) is 0 Å². The van der Waals surface area contributed by atoms with Gasteiger partial charge in [-0.2, -0.15) is 0 Å². The molecule has 0 spiro atoms. The zero-order valence-corrected chi connectivity index (χ0v) is 9.68. The van der Waals surface area contributed by atoms with Crippen molar-refractivity contribution in [2.24, 2.45) is 0 Å². The van der Waals surface area contributed by atoms with E-state index in [0.29, 0.717) is 6.04 Å². The maximum Gasteiger partial charge on any atom is 0.0178 e. The van der Waals surface area contributed by atoms with Gasteiger partial charge in [0.2, 0.25) is 0 Å². The molecule has 1 aromatic rings. The standard InChI is InChI=1S/C12H14BrN/c13-9-3-4-10-8(6-9)7-12-11(10)2-1-5-14-12/h3-4,6,11-12,14H,1-2,5,7H2/t11-,12+/m0/s1. The maximum atomic E-state index is 3.63. The highest BCUT2D eigenvalue weighted by atomic mass is 79.9. The first-order chi connectivity index (χ1) is 6.84. The largest absolute Gasteiger partial charge is 0.313 e. The molecule has 0 bridgehead atoms. The van der Waals surface area contributed by atoms with E-state index < -0.39 is 0 Å². The van der Waals surface area contributed by atoms with E-state index in [4.69, 9.17) is 0 Å². The van der Waals surface area contributed by atoms with E-state index in [-0.39, 0.29) is 0 Å². The van der Waals surface area contributed by atoms with Crippen molar-refractivity contribution in [3.8, 4) is 0 Å². The predicted molar refractivity (Wildman–Crippen MR) is 61.6 cm³/mol. The van der Waals surface area contributed by atoms with Crippen molar-refractivity contribution in [1.82, 2.24) is 5.32 Å². The van der Waals surface area contributed by atoms with E-state index in [1.165, 1.54) is 30.3 Å². The van der Waals surface area contributed by atoms with Crippen LogP contribution in [-0.4, -0.2) is 12.6 Å². The molecule has 1 N–H and O–H groups in total. The van der Waals surface area contributed by atoms with E-state index in [1.807, 2.05) is 0 Å². The van der Waals surface area contributed by atoms with Gasteiger partial charge in [0.25, 0.3) is 0 Å². The van der Waals surface area contributed by atoms with E-state index in [0.717, 1.165) is 5.92 Å². The van der Waals surface area contributed by atoms with Crippen molar-refractivity contribution < 1.29 is 0 Å². The summed E-state index contributed by atoms with van der Waals surface area (Å²) < 4.78 is 1.22. The summed E-state index contributed by atoms with van der Waals surface area (Å²) in [4.78, 5) is 0. The summed E-state index contributed by atoms with van der Waals surface area (Å²) in [6.45, 7) is 1.20. The Morgan fingerprint density at radius 1 is 1.36 bits per heavy atom. The van der Waals surface area contributed by atoms with Crippen LogP contribution in [0.5, 0.6) is 0 Å². The summed E-state index contributed by atoms with van der Waals surface area (Å²) in [6, 6.07) is 7.48. The van der Waals surface area contributed by atoms with Crippen molar-refractivity contribution in [2.75, 3.05) is 6.54 Å². The van der Waals surface area contributed by atoms with Gasteiger partial charge in [0.15, 0.2) is 0 Å². The molecular formula is C12H14BrN. The average molecular weight is 252 g/mol. The highest BCUT2D eigenvalue weighted by molar-refractivity contribution is 9.10. The summed E-state index contributed by atoms with van der Waals surface area (Å²) >= 11 is 3.54. The van der Waals surface area contributed by atoms with Gasteiger partial charge < -0.3 is 5.32 Å². The number of rotatable bonds is 0. The molecule has 0 aromatic heterocycles. The van der Waals surface area contributed by atoms with Crippen molar-refractivity contribution >= 4 is 15.9 Å². The minimum absolute atomic E-state index is 0.716. The molecule has 2 aliphatic rings. The molecule has 2 heteroatoms. The average Bonchev–Trinajstić information content (AvgIpc) is 2.54. The lowest BCUT2D eigenvalue weighted by atomic mass is 9.90. The molecule has 14 heavy (non-hydrogen) atoms. The summed E-state index contributed by atoms with van der Waals surface area (Å²) in [7, 11) is 0. The summed E-state index contributed by atoms with van der Waals surface area (Å²) in [6.07, 6.45) is 3.92. The summed E-state index contributed by atoms with van der Waals surface area (Å²) in [5, 5.41) is 3.63. The van der Waals surface area contributed by atoms with Gasteiger partial charge in [-0.05, 0) is 55.0 Å². The molecule has 1 aliphatic heterocycles. The number of nitrogens with one attached hydrogen (secondary N) is 1. The second kappa shape index (κ2) is 3.35. The van der Waals surface area contributed by atoms with Crippen LogP contribution in [0, 0.1) is 0 Å². The van der Waals surface area contributed by atoms with E-state index >= 15 is 0 Å². The smallest absolute Gasteiger partial charge is 0.0178 e. The number of fused-ring (bicyclic) bond motifs is 3. The number of halogens is 1. The van der Waals surface area contributed by atoms with Crippen LogP contribution in [0.25, 0.3) is 0 Å². The molecule has 1 saturated heterocycles. The number of hydrogen-bond donors (Lipinski definition) is 1. The van der Waals surface area contributed by atoms with Crippen LogP contribution in [0.3, 0.4) is 0 Å². The fourth-order valence-corrected chi connectivity index (χ4v) is 3.30. The van der Waals surface area contributed by atoms with Crippen molar-refractivity contribution in [2.45, 2.75) is 31.2 Å². The Hall–Kier alpha value is -0.340. The monoisotopic (exact) mass is 251 g/mol. The van der Waals surface area contributed by atoms with E-state index in [2.05, 4.69) is 39.4 Å². The quantitative estimate of drug-likeness (QED) is 0.748. The molecule has 0 amide bonds. The SMILES string of the molecule is Brc1ccc2c(c1)C[C@H]1NCCC[C@@H]21. The van der Waals surface area contributed by atoms with Crippen LogP contribution in [0.1, 0.15) is 29.9 Å². The van der Waals surface area contributed by atoms with Crippen LogP contribution in [-0.2, 0) is 6.42 Å². The Morgan fingerprint density at radius 3 is 3.21 bits per heavy atom. The first-order valence-corrected chi connectivity index (χ1v) is 6.15. The van der Waals surface area contributed by atoms with Gasteiger partial charge >= 0.3 is 0 Å². The lowest BCUT2D eigenvalue weighted by Crippen LogP contribution is -2.37. The van der Waals surface area contributed by atoms with Gasteiger partial charge in [-0.15, -0.1) is 0 Å². The lowest BCUT2D eigenvalue weighted by molar-refractivity contribution is 0.372. The third-order valence-corrected chi connectivity index (χ3v) is 4.02. The molecule has 0 saturated carbocycles. The molecule has 0 unspecified atom stereocenters. The van der Waals surface area contributed by atoms with Crippen LogP contribution >= 0.6 is 15.9 Å². The molecule has 1 heterocycles. The number of hydrogen-bond acceptors (Lipinski definition) is 1. The van der Waals surface area contributed by atoms with E-state index in [1.54, 1.807) is 11.1 Å². The molecule has 2 atom stereocenters. The number of benzene rings is 1. The third-order valence-electron chi connectivity index (χ3n) is 3.53. The Morgan fingerprint density at radius 2 is 2.29 bits per heavy atom. The minimum Gasteiger partial charge on any atom is -0.313 e. The topological polar surface area (TPSA) is 12.0 Å². The third kappa shape index (κ3) is 1.32. The van der Waals surface area contributed by atoms with Gasteiger partial charge in [0, 0.05) is 10.5 Å². The second-order valence-electron chi connectivity index (χ2n) is 4.36. The summed E-state index contributed by atoms with van der Waals surface area (Å²) in [5.74, 6) is 0.784. The van der Waals surface area contributed by atoms with Gasteiger partial charge in [0.05, 0.1) is 0 Å². The van der Waals surface area contributed by atoms with Crippen molar-refractivity contribution in [3.05, 3.63) is 33.8 Å². The van der Waals surface area contributed by atoms with Gasteiger partial charge in [-0.1, -0.05) is 22.0 Å². The maximum absolute atomic E-state index is 3.63. The molecule has 3 rings (SSSR count). The van der Waals surface area contributed by atoms with Gasteiger partial charge in [-0.3, -0.25) is 0 Å². The first kappa shape index (κ1) is 8.93. The minimum atomic E-state index is 0.716. The van der Waals surface area contributed by atoms with Gasteiger partial charge in [-0.25, -0.2) is 0 Å². The molecule has 74 valence electrons. The summed E-state index contributed by atoms with van der Waals surface area (Å²) in [5.41, 5.74) is 3.13. The highest BCUT2D eigenvalue weighted by Crippen LogP contribution is 2.39. The Balaban J connectivity index is 2.01. The van der Waals surface area contributed by atoms with Crippen molar-refractivity contribution in [3.63, 3.8) is 0 Å². The molecule has 1 fully saturated rings. The zero-order chi connectivity index (χ0) is 9.54. The second-order valence-corrected chi connectivity index (χ2v) is 5.27. The molecule has 1 aliphatic carbocycles. The Kier molecular flexibility index (Phi) is 2.14. The van der Waals surface area contributed by atoms with Crippen LogP contribution in [0.4, 0.5) is 0 Å². The van der Waals surface area contributed by atoms with Gasteiger partial charge in [0.1, 0.15) is 0 Å². The highest BCUT2D eigenvalue weighted by Gasteiger charge is 2.33. The fourth-order valence-electron chi connectivity index (χ4n) is 2.89. The Labute approximate surface area is 93.0 Å². The fraction of sp³-hybridized carbons (Fsp3) is 0.500. The molecule has 1 nitrogen and oxygen atoms in total. The predicted octanol–water partition coefficient (Wildman–Crippen LogP) is 2.84. The van der Waals surface area contributed by atoms with E-state index in [9.17, 15) is 0 Å². The first-order valence-electron chi connectivity index (χ1n) is 5.36. The van der Waals surface area contributed by atoms with Crippen LogP contribution in [0.15, 0.2) is 22.7 Å². The van der Waals surface area contributed by atoms with Crippen molar-refractivity contribution in [1.29, 1.82) is 0 Å². The zero-order valence-electron chi connectivity index (χ0n) is 8.09. The lowest BCUT2D eigenvalue weighted by Gasteiger charge is -2.26. The van der Waals surface area contributed by atoms with Crippen LogP contribution < -0.4 is 5.32 Å². The molecular weight excluding hydrogens is 238 g/mol. The molecule has 0 radical (unpaired) electrons.